The lowest BCUT2D eigenvalue weighted by atomic mass is 10.2. The smallest absolute Gasteiger partial charge is 0.408 e. The number of fused-ring (bicyclic) bond motifs is 2. The van der Waals surface area contributed by atoms with Crippen LogP contribution >= 0.6 is 11.3 Å². The second-order valence-electron chi connectivity index (χ2n) is 7.05. The molecule has 1 N–H and O–H groups in total. The first kappa shape index (κ1) is 19.2. The molecule has 1 aromatic carbocycles. The van der Waals surface area contributed by atoms with Gasteiger partial charge < -0.3 is 9.32 Å². The molecule has 5 rings (SSSR count). The maximum atomic E-state index is 12.9. The second kappa shape index (κ2) is 7.80. The van der Waals surface area contributed by atoms with Crippen LogP contribution in [0.2, 0.25) is 0 Å². The summed E-state index contributed by atoms with van der Waals surface area (Å²) in [5, 5.41) is 3.25. The molecule has 4 aromatic rings. The molecule has 0 unspecified atom stereocenters. The van der Waals surface area contributed by atoms with Gasteiger partial charge in [0.15, 0.2) is 10.7 Å². The van der Waals surface area contributed by atoms with Crippen molar-refractivity contribution in [3.8, 4) is 0 Å². The van der Waals surface area contributed by atoms with Crippen molar-refractivity contribution >= 4 is 39.4 Å². The number of rotatable bonds is 4. The molecule has 31 heavy (non-hydrogen) atoms. The van der Waals surface area contributed by atoms with Gasteiger partial charge in [-0.2, -0.15) is 0 Å². The van der Waals surface area contributed by atoms with Crippen molar-refractivity contribution in [3.05, 3.63) is 75.5 Å². The third-order valence-electron chi connectivity index (χ3n) is 5.07. The van der Waals surface area contributed by atoms with Gasteiger partial charge in [0.1, 0.15) is 12.2 Å². The van der Waals surface area contributed by atoms with E-state index in [-0.39, 0.29) is 18.4 Å². The number of carbonyl (C=O) groups excluding carboxylic acids is 2. The Morgan fingerprint density at radius 3 is 2.84 bits per heavy atom. The van der Waals surface area contributed by atoms with Crippen molar-refractivity contribution in [2.24, 2.45) is 0 Å². The number of thiazole rings is 1. The van der Waals surface area contributed by atoms with Crippen LogP contribution in [0.5, 0.6) is 0 Å². The fourth-order valence-corrected chi connectivity index (χ4v) is 4.54. The molecule has 9 nitrogen and oxygen atoms in total. The maximum absolute atomic E-state index is 12.9. The zero-order chi connectivity index (χ0) is 21.4. The molecular formula is C21H17N5O4S. The lowest BCUT2D eigenvalue weighted by molar-refractivity contribution is -0.132. The Labute approximate surface area is 180 Å². The van der Waals surface area contributed by atoms with E-state index in [0.717, 1.165) is 10.6 Å². The Hall–Kier alpha value is -3.79. The van der Waals surface area contributed by atoms with Gasteiger partial charge in [0.2, 0.25) is 5.91 Å². The fraction of sp³-hybridized carbons (Fsp3) is 0.190. The molecule has 0 atom stereocenters. The van der Waals surface area contributed by atoms with E-state index in [1.165, 1.54) is 15.9 Å². The number of para-hydroxylation sites is 2. The normalized spacial score (nSPS) is 13.2. The molecule has 0 spiro atoms. The first-order chi connectivity index (χ1) is 15.1. The summed E-state index contributed by atoms with van der Waals surface area (Å²) in [6, 6.07) is 12.1. The van der Waals surface area contributed by atoms with Crippen molar-refractivity contribution in [1.82, 2.24) is 19.4 Å². The highest BCUT2D eigenvalue weighted by Crippen LogP contribution is 2.28. The monoisotopic (exact) mass is 435 g/mol. The zero-order valence-corrected chi connectivity index (χ0v) is 17.1. The number of nitrogens with one attached hydrogen (secondary N) is 1. The number of aromatic nitrogens is 3. The topological polar surface area (TPSA) is 110 Å². The SMILES string of the molecule is O=C(Nc1nc2c(s1)CN(C(=O)Cn1c(=O)oc3ccccc31)CC2)c1ccccn1. The van der Waals surface area contributed by atoms with Crippen molar-refractivity contribution < 1.29 is 14.0 Å². The number of anilines is 1. The largest absolute Gasteiger partial charge is 0.420 e. The summed E-state index contributed by atoms with van der Waals surface area (Å²) in [5.74, 6) is -1.05. The molecule has 0 aliphatic carbocycles. The Kier molecular flexibility index (Phi) is 4.83. The summed E-state index contributed by atoms with van der Waals surface area (Å²) in [6.45, 7) is 0.788. The van der Waals surface area contributed by atoms with Crippen LogP contribution in [-0.4, -0.2) is 37.8 Å². The van der Waals surface area contributed by atoms with Crippen LogP contribution in [0, 0.1) is 0 Å². The van der Waals surface area contributed by atoms with E-state index in [0.29, 0.717) is 41.4 Å². The predicted molar refractivity (Wildman–Crippen MR) is 114 cm³/mol. The molecular weight excluding hydrogens is 418 g/mol. The summed E-state index contributed by atoms with van der Waals surface area (Å²) in [4.78, 5) is 48.5. The van der Waals surface area contributed by atoms with Crippen LogP contribution in [0.1, 0.15) is 21.1 Å². The third-order valence-corrected chi connectivity index (χ3v) is 6.07. The molecule has 1 aliphatic heterocycles. The van der Waals surface area contributed by atoms with Gasteiger partial charge in [-0.3, -0.25) is 24.5 Å². The number of hydrogen-bond acceptors (Lipinski definition) is 7. The van der Waals surface area contributed by atoms with Crippen LogP contribution in [0.4, 0.5) is 5.13 Å². The van der Waals surface area contributed by atoms with E-state index in [2.05, 4.69) is 15.3 Å². The van der Waals surface area contributed by atoms with E-state index in [1.807, 2.05) is 0 Å². The van der Waals surface area contributed by atoms with Gasteiger partial charge in [-0.1, -0.05) is 29.5 Å². The molecule has 3 aromatic heterocycles. The third kappa shape index (κ3) is 3.73. The highest BCUT2D eigenvalue weighted by atomic mass is 32.1. The summed E-state index contributed by atoms with van der Waals surface area (Å²) in [6.07, 6.45) is 2.14. The molecule has 0 radical (unpaired) electrons. The molecule has 0 bridgehead atoms. The van der Waals surface area contributed by atoms with Gasteiger partial charge in [-0.15, -0.1) is 0 Å². The number of oxazole rings is 1. The van der Waals surface area contributed by atoms with Crippen molar-refractivity contribution in [2.45, 2.75) is 19.5 Å². The Bertz CT molecular complexity index is 1340. The van der Waals surface area contributed by atoms with E-state index in [9.17, 15) is 14.4 Å². The zero-order valence-electron chi connectivity index (χ0n) is 16.3. The average molecular weight is 435 g/mol. The Morgan fingerprint density at radius 2 is 2.00 bits per heavy atom. The van der Waals surface area contributed by atoms with Crippen LogP contribution < -0.4 is 11.1 Å². The highest BCUT2D eigenvalue weighted by Gasteiger charge is 2.26. The van der Waals surface area contributed by atoms with E-state index >= 15 is 0 Å². The minimum Gasteiger partial charge on any atom is -0.408 e. The molecule has 156 valence electrons. The minimum atomic E-state index is -0.551. The van der Waals surface area contributed by atoms with Gasteiger partial charge in [-0.05, 0) is 24.3 Å². The summed E-state index contributed by atoms with van der Waals surface area (Å²) < 4.78 is 6.55. The Balaban J connectivity index is 1.29. The molecule has 0 saturated heterocycles. The molecule has 0 saturated carbocycles. The van der Waals surface area contributed by atoms with Crippen molar-refractivity contribution in [1.29, 1.82) is 0 Å². The summed E-state index contributed by atoms with van der Waals surface area (Å²) in [5.41, 5.74) is 2.23. The van der Waals surface area contributed by atoms with Crippen molar-refractivity contribution in [2.75, 3.05) is 11.9 Å². The summed E-state index contributed by atoms with van der Waals surface area (Å²) >= 11 is 1.34. The summed E-state index contributed by atoms with van der Waals surface area (Å²) in [7, 11) is 0. The molecule has 1 aliphatic rings. The first-order valence-electron chi connectivity index (χ1n) is 9.65. The standard InChI is InChI=1S/C21H17N5O4S/c27-18(12-26-15-6-1-2-7-16(15)30-21(26)29)25-10-8-13-17(11-25)31-20(23-13)24-19(28)14-5-3-4-9-22-14/h1-7,9H,8,10-12H2,(H,23,24,28). The van der Waals surface area contributed by atoms with Gasteiger partial charge in [0, 0.05) is 24.0 Å². The number of amides is 2. The molecule has 10 heteroatoms. The van der Waals surface area contributed by atoms with E-state index < -0.39 is 5.76 Å². The van der Waals surface area contributed by atoms with Crippen LogP contribution in [-0.2, 0) is 24.3 Å². The van der Waals surface area contributed by atoms with Gasteiger partial charge in [-0.25, -0.2) is 9.78 Å². The maximum Gasteiger partial charge on any atom is 0.420 e. The molecule has 0 fully saturated rings. The van der Waals surface area contributed by atoms with Crippen LogP contribution in [0.3, 0.4) is 0 Å². The lowest BCUT2D eigenvalue weighted by Crippen LogP contribution is -2.38. The molecule has 2 amide bonds. The number of hydrogen-bond donors (Lipinski definition) is 1. The van der Waals surface area contributed by atoms with E-state index in [4.69, 9.17) is 4.42 Å². The second-order valence-corrected chi connectivity index (χ2v) is 8.13. The lowest BCUT2D eigenvalue weighted by Gasteiger charge is -2.26. The Morgan fingerprint density at radius 1 is 1.16 bits per heavy atom. The van der Waals surface area contributed by atoms with Crippen LogP contribution in [0.25, 0.3) is 11.1 Å². The number of benzene rings is 1. The minimum absolute atomic E-state index is 0.0900. The van der Waals surface area contributed by atoms with Gasteiger partial charge >= 0.3 is 5.76 Å². The predicted octanol–water partition coefficient (Wildman–Crippen LogP) is 2.28. The van der Waals surface area contributed by atoms with Crippen LogP contribution in [0.15, 0.2) is 57.9 Å². The average Bonchev–Trinajstić information content (AvgIpc) is 3.33. The quantitative estimate of drug-likeness (QED) is 0.527. The van der Waals surface area contributed by atoms with Gasteiger partial charge in [0.05, 0.1) is 17.8 Å². The van der Waals surface area contributed by atoms with Crippen molar-refractivity contribution in [3.63, 3.8) is 0 Å². The highest BCUT2D eigenvalue weighted by molar-refractivity contribution is 7.15. The number of pyridine rings is 1. The number of nitrogens with zero attached hydrogens (tertiary/aromatic N) is 4. The van der Waals surface area contributed by atoms with Gasteiger partial charge in [0.25, 0.3) is 5.91 Å². The number of carbonyl (C=O) groups is 2. The first-order valence-corrected chi connectivity index (χ1v) is 10.5. The fourth-order valence-electron chi connectivity index (χ4n) is 3.52. The molecule has 4 heterocycles. The van der Waals surface area contributed by atoms with E-state index in [1.54, 1.807) is 53.6 Å².